The number of hydrogen-bond acceptors (Lipinski definition) is 3. The van der Waals surface area contributed by atoms with Crippen molar-refractivity contribution in [1.82, 2.24) is 9.78 Å². The standard InChI is InChI=1S/C9H15N3O/c1-12-8(2-4-11-12)9-6-7(10)3-5-13-9/h2,4,7,9H,3,5-6,10H2,1H3. The summed E-state index contributed by atoms with van der Waals surface area (Å²) in [5.41, 5.74) is 6.99. The Balaban J connectivity index is 2.12. The molecule has 0 bridgehead atoms. The molecular formula is C9H15N3O. The van der Waals surface area contributed by atoms with E-state index < -0.39 is 0 Å². The molecule has 2 unspecified atom stereocenters. The van der Waals surface area contributed by atoms with E-state index in [2.05, 4.69) is 5.10 Å². The highest BCUT2D eigenvalue weighted by molar-refractivity contribution is 5.05. The highest BCUT2D eigenvalue weighted by Crippen LogP contribution is 2.26. The van der Waals surface area contributed by atoms with Gasteiger partial charge in [-0.05, 0) is 18.9 Å². The summed E-state index contributed by atoms with van der Waals surface area (Å²) in [6.07, 6.45) is 3.79. The van der Waals surface area contributed by atoms with Crippen molar-refractivity contribution < 1.29 is 4.74 Å². The molecule has 1 aromatic heterocycles. The maximum atomic E-state index is 5.87. The molecule has 1 saturated heterocycles. The van der Waals surface area contributed by atoms with Crippen LogP contribution in [-0.2, 0) is 11.8 Å². The lowest BCUT2D eigenvalue weighted by atomic mass is 10.0. The van der Waals surface area contributed by atoms with Crippen molar-refractivity contribution in [2.75, 3.05) is 6.61 Å². The minimum Gasteiger partial charge on any atom is -0.372 e. The van der Waals surface area contributed by atoms with Crippen LogP contribution in [0.4, 0.5) is 0 Å². The van der Waals surface area contributed by atoms with Gasteiger partial charge < -0.3 is 10.5 Å². The van der Waals surface area contributed by atoms with E-state index in [0.717, 1.165) is 25.1 Å². The van der Waals surface area contributed by atoms with Crippen LogP contribution in [-0.4, -0.2) is 22.4 Å². The Labute approximate surface area is 77.7 Å². The van der Waals surface area contributed by atoms with Crippen LogP contribution in [0.2, 0.25) is 0 Å². The zero-order chi connectivity index (χ0) is 9.26. The third kappa shape index (κ3) is 1.73. The van der Waals surface area contributed by atoms with Gasteiger partial charge in [0.1, 0.15) is 6.10 Å². The molecule has 1 aromatic rings. The second-order valence-corrected chi connectivity index (χ2v) is 3.52. The van der Waals surface area contributed by atoms with Gasteiger partial charge in [0.25, 0.3) is 0 Å². The lowest BCUT2D eigenvalue weighted by Crippen LogP contribution is -2.31. The van der Waals surface area contributed by atoms with Crippen LogP contribution in [0.1, 0.15) is 24.6 Å². The van der Waals surface area contributed by atoms with Crippen molar-refractivity contribution >= 4 is 0 Å². The lowest BCUT2D eigenvalue weighted by molar-refractivity contribution is 0.00198. The fourth-order valence-corrected chi connectivity index (χ4v) is 1.73. The van der Waals surface area contributed by atoms with Gasteiger partial charge in [-0.1, -0.05) is 0 Å². The Bertz CT molecular complexity index is 284. The monoisotopic (exact) mass is 181 g/mol. The molecule has 0 aliphatic carbocycles. The van der Waals surface area contributed by atoms with Crippen molar-refractivity contribution in [3.8, 4) is 0 Å². The van der Waals surface area contributed by atoms with Crippen LogP contribution < -0.4 is 5.73 Å². The van der Waals surface area contributed by atoms with Crippen molar-refractivity contribution in [2.24, 2.45) is 12.8 Å². The molecule has 0 saturated carbocycles. The Hall–Kier alpha value is -0.870. The van der Waals surface area contributed by atoms with Crippen LogP contribution in [0.25, 0.3) is 0 Å². The molecule has 2 atom stereocenters. The predicted molar refractivity (Wildman–Crippen MR) is 49.1 cm³/mol. The summed E-state index contributed by atoms with van der Waals surface area (Å²) in [4.78, 5) is 0. The van der Waals surface area contributed by atoms with Crippen LogP contribution >= 0.6 is 0 Å². The van der Waals surface area contributed by atoms with Gasteiger partial charge in [-0.3, -0.25) is 4.68 Å². The predicted octanol–water partition coefficient (Wildman–Crippen LogP) is 0.599. The largest absolute Gasteiger partial charge is 0.372 e. The molecular weight excluding hydrogens is 166 g/mol. The summed E-state index contributed by atoms with van der Waals surface area (Å²) in [5, 5.41) is 4.11. The molecule has 1 aliphatic heterocycles. The van der Waals surface area contributed by atoms with E-state index in [1.807, 2.05) is 17.8 Å². The van der Waals surface area contributed by atoms with Gasteiger partial charge in [0.15, 0.2) is 0 Å². The average molecular weight is 181 g/mol. The topological polar surface area (TPSA) is 53.1 Å². The molecule has 2 N–H and O–H groups in total. The second-order valence-electron chi connectivity index (χ2n) is 3.52. The van der Waals surface area contributed by atoms with Gasteiger partial charge in [0, 0.05) is 25.9 Å². The van der Waals surface area contributed by atoms with Crippen LogP contribution in [0.5, 0.6) is 0 Å². The third-order valence-corrected chi connectivity index (χ3v) is 2.51. The fraction of sp³-hybridized carbons (Fsp3) is 0.667. The number of ether oxygens (including phenoxy) is 1. The summed E-state index contributed by atoms with van der Waals surface area (Å²) in [7, 11) is 1.93. The van der Waals surface area contributed by atoms with E-state index in [1.54, 1.807) is 6.20 Å². The average Bonchev–Trinajstić information content (AvgIpc) is 2.51. The molecule has 1 aliphatic rings. The zero-order valence-electron chi connectivity index (χ0n) is 7.81. The Morgan fingerprint density at radius 2 is 2.54 bits per heavy atom. The van der Waals surface area contributed by atoms with Gasteiger partial charge in [0.2, 0.25) is 0 Å². The number of nitrogens with zero attached hydrogens (tertiary/aromatic N) is 2. The summed E-state index contributed by atoms with van der Waals surface area (Å²) in [6, 6.07) is 2.26. The van der Waals surface area contributed by atoms with Gasteiger partial charge in [-0.2, -0.15) is 5.10 Å². The third-order valence-electron chi connectivity index (χ3n) is 2.51. The molecule has 72 valence electrons. The quantitative estimate of drug-likeness (QED) is 0.690. The van der Waals surface area contributed by atoms with Crippen molar-refractivity contribution in [1.29, 1.82) is 0 Å². The van der Waals surface area contributed by atoms with E-state index in [9.17, 15) is 0 Å². The summed E-state index contributed by atoms with van der Waals surface area (Å²) in [6.45, 7) is 0.761. The van der Waals surface area contributed by atoms with E-state index >= 15 is 0 Å². The molecule has 4 heteroatoms. The first-order valence-corrected chi connectivity index (χ1v) is 4.62. The first-order chi connectivity index (χ1) is 6.27. The molecule has 2 rings (SSSR count). The first kappa shape index (κ1) is 8.72. The fourth-order valence-electron chi connectivity index (χ4n) is 1.73. The minimum atomic E-state index is 0.135. The number of hydrogen-bond donors (Lipinski definition) is 1. The number of rotatable bonds is 1. The highest BCUT2D eigenvalue weighted by Gasteiger charge is 2.23. The number of nitrogens with two attached hydrogens (primary N) is 1. The SMILES string of the molecule is Cn1nccc1C1CC(N)CCO1. The lowest BCUT2D eigenvalue weighted by Gasteiger charge is -2.27. The molecule has 0 spiro atoms. The summed E-state index contributed by atoms with van der Waals surface area (Å²) in [5.74, 6) is 0. The molecule has 0 amide bonds. The van der Waals surface area contributed by atoms with E-state index in [0.29, 0.717) is 0 Å². The van der Waals surface area contributed by atoms with Gasteiger partial charge in [-0.25, -0.2) is 0 Å². The number of aromatic nitrogens is 2. The maximum absolute atomic E-state index is 5.87. The van der Waals surface area contributed by atoms with Crippen molar-refractivity contribution in [3.05, 3.63) is 18.0 Å². The molecule has 4 nitrogen and oxygen atoms in total. The summed E-state index contributed by atoms with van der Waals surface area (Å²) >= 11 is 0. The molecule has 0 radical (unpaired) electrons. The first-order valence-electron chi connectivity index (χ1n) is 4.62. The zero-order valence-corrected chi connectivity index (χ0v) is 7.81. The molecule has 13 heavy (non-hydrogen) atoms. The smallest absolute Gasteiger partial charge is 0.101 e. The van der Waals surface area contributed by atoms with Gasteiger partial charge in [-0.15, -0.1) is 0 Å². The van der Waals surface area contributed by atoms with Crippen molar-refractivity contribution in [3.63, 3.8) is 0 Å². The van der Waals surface area contributed by atoms with Gasteiger partial charge >= 0.3 is 0 Å². The molecule has 0 aromatic carbocycles. The molecule has 1 fully saturated rings. The van der Waals surface area contributed by atoms with Crippen molar-refractivity contribution in [2.45, 2.75) is 25.0 Å². The van der Waals surface area contributed by atoms with Crippen LogP contribution in [0.15, 0.2) is 12.3 Å². The second kappa shape index (κ2) is 3.47. The minimum absolute atomic E-state index is 0.135. The van der Waals surface area contributed by atoms with Crippen LogP contribution in [0, 0.1) is 0 Å². The summed E-state index contributed by atoms with van der Waals surface area (Å²) < 4.78 is 7.48. The van der Waals surface area contributed by atoms with E-state index in [1.165, 1.54) is 0 Å². The maximum Gasteiger partial charge on any atom is 0.101 e. The highest BCUT2D eigenvalue weighted by atomic mass is 16.5. The van der Waals surface area contributed by atoms with E-state index in [-0.39, 0.29) is 12.1 Å². The Morgan fingerprint density at radius 1 is 1.69 bits per heavy atom. The Kier molecular flexibility index (Phi) is 2.33. The normalized spacial score (nSPS) is 29.1. The van der Waals surface area contributed by atoms with Crippen LogP contribution in [0.3, 0.4) is 0 Å². The van der Waals surface area contributed by atoms with E-state index in [4.69, 9.17) is 10.5 Å². The number of aryl methyl sites for hydroxylation is 1. The molecule has 2 heterocycles. The van der Waals surface area contributed by atoms with Gasteiger partial charge in [0.05, 0.1) is 5.69 Å². The Morgan fingerprint density at radius 3 is 3.15 bits per heavy atom.